The van der Waals surface area contributed by atoms with Gasteiger partial charge in [0.1, 0.15) is 5.82 Å². The Hall–Kier alpha value is -1.95. The fraction of sp³-hybridized carbons (Fsp3) is 0.462. The quantitative estimate of drug-likeness (QED) is 0.789. The van der Waals surface area contributed by atoms with Gasteiger partial charge in [0, 0.05) is 25.2 Å². The number of hydrogen-bond acceptors (Lipinski definition) is 4. The van der Waals surface area contributed by atoms with Gasteiger partial charge in [0.25, 0.3) is 0 Å². The molecule has 0 aromatic carbocycles. The molecular formula is C13H19N5O. The van der Waals surface area contributed by atoms with E-state index in [9.17, 15) is 4.79 Å². The second kappa shape index (κ2) is 6.29. The predicted molar refractivity (Wildman–Crippen MR) is 72.8 cm³/mol. The van der Waals surface area contributed by atoms with Crippen molar-refractivity contribution in [2.45, 2.75) is 26.3 Å². The third-order valence-corrected chi connectivity index (χ3v) is 2.73. The van der Waals surface area contributed by atoms with Crippen molar-refractivity contribution in [3.05, 3.63) is 30.2 Å². The number of fused-ring (bicyclic) bond motifs is 1. The molecule has 0 unspecified atom stereocenters. The molecule has 0 radical (unpaired) electrons. The van der Waals surface area contributed by atoms with Crippen LogP contribution in [0.3, 0.4) is 0 Å². The van der Waals surface area contributed by atoms with Crippen LogP contribution in [-0.4, -0.2) is 39.6 Å². The lowest BCUT2D eigenvalue weighted by molar-refractivity contribution is -0.120. The van der Waals surface area contributed by atoms with E-state index in [1.165, 1.54) is 0 Å². The van der Waals surface area contributed by atoms with Gasteiger partial charge in [-0.1, -0.05) is 19.9 Å². The van der Waals surface area contributed by atoms with Crippen LogP contribution in [0.5, 0.6) is 0 Å². The summed E-state index contributed by atoms with van der Waals surface area (Å²) in [6, 6.07) is 6.07. The molecule has 1 amide bonds. The molecule has 0 saturated carbocycles. The van der Waals surface area contributed by atoms with Gasteiger partial charge >= 0.3 is 0 Å². The molecule has 2 aromatic heterocycles. The number of amides is 1. The van der Waals surface area contributed by atoms with E-state index in [0.717, 1.165) is 11.5 Å². The second-order valence-electron chi connectivity index (χ2n) is 4.68. The largest absolute Gasteiger partial charge is 0.355 e. The van der Waals surface area contributed by atoms with E-state index in [1.807, 2.05) is 42.6 Å². The fourth-order valence-electron chi connectivity index (χ4n) is 1.73. The molecule has 2 rings (SSSR count). The second-order valence-corrected chi connectivity index (χ2v) is 4.68. The molecule has 0 saturated heterocycles. The maximum absolute atomic E-state index is 11.5. The highest BCUT2D eigenvalue weighted by atomic mass is 16.1. The highest BCUT2D eigenvalue weighted by Crippen LogP contribution is 2.02. The SMILES string of the molecule is CC(C)NCC(=O)NCCc1nnc2ccccn12. The summed E-state index contributed by atoms with van der Waals surface area (Å²) in [5.41, 5.74) is 0.824. The van der Waals surface area contributed by atoms with Gasteiger partial charge in [-0.15, -0.1) is 10.2 Å². The minimum absolute atomic E-state index is 0.00233. The van der Waals surface area contributed by atoms with Gasteiger partial charge in [-0.2, -0.15) is 0 Å². The third kappa shape index (κ3) is 3.75. The van der Waals surface area contributed by atoms with Crippen molar-refractivity contribution in [3.63, 3.8) is 0 Å². The molecule has 102 valence electrons. The van der Waals surface area contributed by atoms with Crippen LogP contribution >= 0.6 is 0 Å². The first-order valence-corrected chi connectivity index (χ1v) is 6.45. The Morgan fingerprint density at radius 2 is 2.21 bits per heavy atom. The molecule has 0 spiro atoms. The summed E-state index contributed by atoms with van der Waals surface area (Å²) in [5.74, 6) is 0.857. The van der Waals surface area contributed by atoms with Gasteiger partial charge in [0.2, 0.25) is 5.91 Å². The summed E-state index contributed by atoms with van der Waals surface area (Å²) in [5, 5.41) is 14.1. The first-order chi connectivity index (χ1) is 9.16. The summed E-state index contributed by atoms with van der Waals surface area (Å²) in [6.07, 6.45) is 2.59. The highest BCUT2D eigenvalue weighted by Gasteiger charge is 2.05. The molecule has 6 heteroatoms. The highest BCUT2D eigenvalue weighted by molar-refractivity contribution is 5.77. The van der Waals surface area contributed by atoms with Crippen molar-refractivity contribution in [2.75, 3.05) is 13.1 Å². The third-order valence-electron chi connectivity index (χ3n) is 2.73. The number of carbonyl (C=O) groups is 1. The molecule has 0 aliphatic carbocycles. The lowest BCUT2D eigenvalue weighted by Gasteiger charge is -2.08. The van der Waals surface area contributed by atoms with E-state index in [1.54, 1.807) is 0 Å². The maximum Gasteiger partial charge on any atom is 0.233 e. The number of aromatic nitrogens is 3. The van der Waals surface area contributed by atoms with E-state index >= 15 is 0 Å². The van der Waals surface area contributed by atoms with Gasteiger partial charge in [0.05, 0.1) is 6.54 Å². The van der Waals surface area contributed by atoms with Crippen molar-refractivity contribution in [1.29, 1.82) is 0 Å². The molecular weight excluding hydrogens is 242 g/mol. The van der Waals surface area contributed by atoms with Gasteiger partial charge < -0.3 is 10.6 Å². The first kappa shape index (κ1) is 13.5. The summed E-state index contributed by atoms with van der Waals surface area (Å²) in [7, 11) is 0. The molecule has 2 N–H and O–H groups in total. The van der Waals surface area contributed by atoms with E-state index in [2.05, 4.69) is 20.8 Å². The number of carbonyl (C=O) groups excluding carboxylic acids is 1. The van der Waals surface area contributed by atoms with E-state index in [4.69, 9.17) is 0 Å². The topological polar surface area (TPSA) is 71.3 Å². The van der Waals surface area contributed by atoms with Crippen LogP contribution in [0.25, 0.3) is 5.65 Å². The first-order valence-electron chi connectivity index (χ1n) is 6.45. The van der Waals surface area contributed by atoms with Gasteiger partial charge in [0.15, 0.2) is 5.65 Å². The van der Waals surface area contributed by atoms with Gasteiger partial charge in [-0.05, 0) is 12.1 Å². The standard InChI is InChI=1S/C13H19N5O/c1-10(2)15-9-13(19)14-7-6-12-17-16-11-5-3-4-8-18(11)12/h3-5,8,10,15H,6-7,9H2,1-2H3,(H,14,19). The van der Waals surface area contributed by atoms with Crippen LogP contribution in [0.1, 0.15) is 19.7 Å². The van der Waals surface area contributed by atoms with Crippen molar-refractivity contribution < 1.29 is 4.79 Å². The maximum atomic E-state index is 11.5. The molecule has 0 fully saturated rings. The minimum atomic E-state index is 0.00233. The Kier molecular flexibility index (Phi) is 4.46. The molecule has 6 nitrogen and oxygen atoms in total. The van der Waals surface area contributed by atoms with Crippen molar-refractivity contribution in [3.8, 4) is 0 Å². The van der Waals surface area contributed by atoms with E-state index in [0.29, 0.717) is 25.6 Å². The average molecular weight is 261 g/mol. The van der Waals surface area contributed by atoms with E-state index < -0.39 is 0 Å². The smallest absolute Gasteiger partial charge is 0.233 e. The Bertz CT molecular complexity index is 549. The summed E-state index contributed by atoms with van der Waals surface area (Å²) in [4.78, 5) is 11.5. The van der Waals surface area contributed by atoms with Crippen LogP contribution in [0.4, 0.5) is 0 Å². The Labute approximate surface area is 112 Å². The zero-order chi connectivity index (χ0) is 13.7. The number of hydrogen-bond donors (Lipinski definition) is 2. The van der Waals surface area contributed by atoms with Crippen molar-refractivity contribution >= 4 is 11.6 Å². The Balaban J connectivity index is 1.81. The van der Waals surface area contributed by atoms with Gasteiger partial charge in [-0.25, -0.2) is 0 Å². The van der Waals surface area contributed by atoms with Crippen molar-refractivity contribution in [1.82, 2.24) is 25.2 Å². The van der Waals surface area contributed by atoms with Crippen LogP contribution in [0.2, 0.25) is 0 Å². The fourth-order valence-corrected chi connectivity index (χ4v) is 1.73. The van der Waals surface area contributed by atoms with Crippen LogP contribution in [-0.2, 0) is 11.2 Å². The summed E-state index contributed by atoms with van der Waals surface area (Å²) >= 11 is 0. The van der Waals surface area contributed by atoms with Crippen LogP contribution in [0.15, 0.2) is 24.4 Å². The molecule has 2 aromatic rings. The lowest BCUT2D eigenvalue weighted by atomic mass is 10.3. The zero-order valence-corrected chi connectivity index (χ0v) is 11.3. The van der Waals surface area contributed by atoms with Crippen LogP contribution < -0.4 is 10.6 Å². The summed E-state index contributed by atoms with van der Waals surface area (Å²) in [6.45, 7) is 4.93. The summed E-state index contributed by atoms with van der Waals surface area (Å²) < 4.78 is 1.93. The molecule has 0 atom stereocenters. The van der Waals surface area contributed by atoms with Crippen LogP contribution in [0, 0.1) is 0 Å². The monoisotopic (exact) mass is 261 g/mol. The molecule has 2 heterocycles. The Morgan fingerprint density at radius 1 is 1.37 bits per heavy atom. The van der Waals surface area contributed by atoms with Crippen molar-refractivity contribution in [2.24, 2.45) is 0 Å². The molecule has 0 aliphatic rings. The predicted octanol–water partition coefficient (Wildman–Crippen LogP) is 0.386. The minimum Gasteiger partial charge on any atom is -0.355 e. The van der Waals surface area contributed by atoms with E-state index in [-0.39, 0.29) is 5.91 Å². The normalized spacial score (nSPS) is 11.1. The number of nitrogens with zero attached hydrogens (tertiary/aromatic N) is 3. The molecule has 0 bridgehead atoms. The number of nitrogens with one attached hydrogen (secondary N) is 2. The number of rotatable bonds is 6. The lowest BCUT2D eigenvalue weighted by Crippen LogP contribution is -2.37. The molecule has 19 heavy (non-hydrogen) atoms. The van der Waals surface area contributed by atoms with Gasteiger partial charge in [-0.3, -0.25) is 9.20 Å². The Morgan fingerprint density at radius 3 is 3.00 bits per heavy atom. The number of pyridine rings is 1. The zero-order valence-electron chi connectivity index (χ0n) is 11.3. The average Bonchev–Trinajstić information content (AvgIpc) is 2.80. The molecule has 0 aliphatic heterocycles.